The van der Waals surface area contributed by atoms with E-state index in [1.165, 1.54) is 0 Å². The number of aliphatic hydroxyl groups excluding tert-OH is 1. The highest BCUT2D eigenvalue weighted by molar-refractivity contribution is 6.10. The molecule has 0 aromatic rings. The van der Waals surface area contributed by atoms with Crippen molar-refractivity contribution in [3.63, 3.8) is 0 Å². The minimum atomic E-state index is -0.483. The molecule has 0 radical (unpaired) electrons. The summed E-state index contributed by atoms with van der Waals surface area (Å²) in [7, 11) is 0. The normalized spacial score (nSPS) is 36.3. The van der Waals surface area contributed by atoms with Crippen molar-refractivity contribution in [1.82, 2.24) is 0 Å². The van der Waals surface area contributed by atoms with Crippen LogP contribution in [0, 0.1) is 11.8 Å². The zero-order valence-electron chi connectivity index (χ0n) is 8.97. The van der Waals surface area contributed by atoms with Gasteiger partial charge in [0.05, 0.1) is 6.10 Å². The summed E-state index contributed by atoms with van der Waals surface area (Å²) in [5.41, 5.74) is 1.57. The van der Waals surface area contributed by atoms with Gasteiger partial charge in [-0.15, -0.1) is 0 Å². The Morgan fingerprint density at radius 3 is 2.00 bits per heavy atom. The number of ketones is 1. The quantitative estimate of drug-likeness (QED) is 0.626. The molecule has 1 saturated carbocycles. The van der Waals surface area contributed by atoms with E-state index < -0.39 is 6.10 Å². The van der Waals surface area contributed by atoms with Gasteiger partial charge in [0.25, 0.3) is 0 Å². The van der Waals surface area contributed by atoms with Gasteiger partial charge in [0.2, 0.25) is 0 Å². The van der Waals surface area contributed by atoms with Crippen molar-refractivity contribution in [1.29, 1.82) is 0 Å². The van der Waals surface area contributed by atoms with Crippen molar-refractivity contribution in [2.24, 2.45) is 11.8 Å². The van der Waals surface area contributed by atoms with E-state index in [1.54, 1.807) is 0 Å². The van der Waals surface area contributed by atoms with Crippen molar-refractivity contribution in [2.45, 2.75) is 18.9 Å². The van der Waals surface area contributed by atoms with E-state index in [1.807, 2.05) is 36.5 Å². The average Bonchev–Trinajstić information content (AvgIpc) is 2.36. The zero-order valence-corrected chi connectivity index (χ0v) is 8.97. The fraction of sp³-hybridized carbons (Fsp3) is 0.357. The molecule has 0 bridgehead atoms. The van der Waals surface area contributed by atoms with Gasteiger partial charge in [0.1, 0.15) is 0 Å². The van der Waals surface area contributed by atoms with Crippen LogP contribution in [0.25, 0.3) is 0 Å². The van der Waals surface area contributed by atoms with E-state index in [0.717, 1.165) is 24.0 Å². The maximum Gasteiger partial charge on any atom is 0.185 e. The molecule has 0 aromatic carbocycles. The maximum absolute atomic E-state index is 12.2. The molecule has 1 fully saturated rings. The molecule has 3 aliphatic rings. The number of carbonyl (C=O) groups excluding carboxylic acids is 1. The Morgan fingerprint density at radius 2 is 1.50 bits per heavy atom. The van der Waals surface area contributed by atoms with Crippen molar-refractivity contribution < 1.29 is 9.90 Å². The Labute approximate surface area is 94.7 Å². The average molecular weight is 214 g/mol. The lowest BCUT2D eigenvalue weighted by molar-refractivity contribution is -0.115. The van der Waals surface area contributed by atoms with Gasteiger partial charge in [-0.3, -0.25) is 4.79 Å². The van der Waals surface area contributed by atoms with Crippen LogP contribution < -0.4 is 0 Å². The van der Waals surface area contributed by atoms with E-state index in [-0.39, 0.29) is 17.6 Å². The van der Waals surface area contributed by atoms with Gasteiger partial charge in [-0.2, -0.15) is 0 Å². The molecular formula is C14H14O2. The molecular weight excluding hydrogens is 200 g/mol. The molecule has 3 rings (SSSR count). The number of hydrogen-bond acceptors (Lipinski definition) is 2. The summed E-state index contributed by atoms with van der Waals surface area (Å²) in [5, 5.41) is 10.3. The molecule has 16 heavy (non-hydrogen) atoms. The first-order valence-electron chi connectivity index (χ1n) is 5.75. The fourth-order valence-electron chi connectivity index (χ4n) is 2.79. The Kier molecular flexibility index (Phi) is 2.18. The summed E-state index contributed by atoms with van der Waals surface area (Å²) in [5.74, 6) is -0.0775. The lowest BCUT2D eigenvalue weighted by Crippen LogP contribution is -2.40. The van der Waals surface area contributed by atoms with Crippen LogP contribution >= 0.6 is 0 Å². The summed E-state index contributed by atoms with van der Waals surface area (Å²) >= 11 is 0. The first kappa shape index (κ1) is 9.79. The Morgan fingerprint density at radius 1 is 1.00 bits per heavy atom. The molecule has 82 valence electrons. The molecule has 0 spiro atoms. The van der Waals surface area contributed by atoms with Gasteiger partial charge in [0.15, 0.2) is 5.78 Å². The Hall–Kier alpha value is -1.41. The van der Waals surface area contributed by atoms with Crippen LogP contribution in [0.2, 0.25) is 0 Å². The van der Waals surface area contributed by atoms with E-state index in [4.69, 9.17) is 0 Å². The van der Waals surface area contributed by atoms with Crippen molar-refractivity contribution in [3.05, 3.63) is 47.6 Å². The third kappa shape index (κ3) is 1.26. The highest BCUT2D eigenvalue weighted by Gasteiger charge is 2.41. The van der Waals surface area contributed by atoms with Gasteiger partial charge in [0, 0.05) is 23.0 Å². The first-order chi connectivity index (χ1) is 7.79. The monoisotopic (exact) mass is 214 g/mol. The van der Waals surface area contributed by atoms with E-state index in [0.29, 0.717) is 0 Å². The number of aliphatic hydroxyl groups is 1. The summed E-state index contributed by atoms with van der Waals surface area (Å²) in [6.45, 7) is 0. The SMILES string of the molecule is O=C1C2=CCC=CC2C(O)C2C=CCC=C12. The van der Waals surface area contributed by atoms with Crippen LogP contribution in [0.4, 0.5) is 0 Å². The van der Waals surface area contributed by atoms with Gasteiger partial charge in [-0.1, -0.05) is 36.5 Å². The van der Waals surface area contributed by atoms with Crippen LogP contribution in [0.3, 0.4) is 0 Å². The minimum absolute atomic E-state index is 0.105. The second-order valence-electron chi connectivity index (χ2n) is 4.52. The molecule has 0 amide bonds. The minimum Gasteiger partial charge on any atom is -0.391 e. The van der Waals surface area contributed by atoms with Gasteiger partial charge < -0.3 is 5.11 Å². The first-order valence-corrected chi connectivity index (χ1v) is 5.75. The highest BCUT2D eigenvalue weighted by Crippen LogP contribution is 2.40. The number of fused-ring (bicyclic) bond motifs is 2. The van der Waals surface area contributed by atoms with Crippen LogP contribution in [0.1, 0.15) is 12.8 Å². The molecule has 1 N–H and O–H groups in total. The number of rotatable bonds is 0. The van der Waals surface area contributed by atoms with Crippen LogP contribution in [-0.4, -0.2) is 17.0 Å². The standard InChI is InChI=1S/C14H14O2/c15-13-9-5-1-2-6-10(9)14(16)12-8-4-3-7-11(12)13/h1,3,5-9,11,13,15H,2,4H2. The molecule has 2 atom stereocenters. The fourth-order valence-corrected chi connectivity index (χ4v) is 2.79. The maximum atomic E-state index is 12.2. The van der Waals surface area contributed by atoms with Gasteiger partial charge in [-0.25, -0.2) is 0 Å². The summed E-state index contributed by atoms with van der Waals surface area (Å²) in [6, 6.07) is 0. The molecule has 2 nitrogen and oxygen atoms in total. The van der Waals surface area contributed by atoms with Crippen molar-refractivity contribution in [2.75, 3.05) is 0 Å². The van der Waals surface area contributed by atoms with E-state index >= 15 is 0 Å². The Bertz CT molecular complexity index is 411. The molecule has 0 saturated heterocycles. The Balaban J connectivity index is 2.06. The number of Topliss-reactive ketones (excluding diaryl/α,β-unsaturated/α-hetero) is 1. The van der Waals surface area contributed by atoms with E-state index in [2.05, 4.69) is 0 Å². The molecule has 0 aliphatic heterocycles. The second-order valence-corrected chi connectivity index (χ2v) is 4.52. The second kappa shape index (κ2) is 3.56. The van der Waals surface area contributed by atoms with Gasteiger partial charge in [-0.05, 0) is 12.8 Å². The summed E-state index contributed by atoms with van der Waals surface area (Å²) < 4.78 is 0. The number of hydrogen-bond donors (Lipinski definition) is 1. The van der Waals surface area contributed by atoms with Crippen LogP contribution in [-0.2, 0) is 4.79 Å². The lowest BCUT2D eigenvalue weighted by Gasteiger charge is -2.37. The molecule has 2 unspecified atom stereocenters. The predicted octanol–water partition coefficient (Wildman–Crippen LogP) is 1.93. The third-order valence-corrected chi connectivity index (χ3v) is 3.61. The van der Waals surface area contributed by atoms with Crippen molar-refractivity contribution >= 4 is 5.78 Å². The number of carbonyl (C=O) groups is 1. The summed E-state index contributed by atoms with van der Waals surface area (Å²) in [6.07, 6.45) is 13.0. The van der Waals surface area contributed by atoms with Crippen LogP contribution in [0.15, 0.2) is 47.6 Å². The van der Waals surface area contributed by atoms with E-state index in [9.17, 15) is 9.90 Å². The zero-order chi connectivity index (χ0) is 11.1. The predicted molar refractivity (Wildman–Crippen MR) is 61.7 cm³/mol. The molecule has 3 aliphatic carbocycles. The topological polar surface area (TPSA) is 37.3 Å². The lowest BCUT2D eigenvalue weighted by atomic mass is 9.69. The summed E-state index contributed by atoms with van der Waals surface area (Å²) in [4.78, 5) is 12.2. The molecule has 0 aromatic heterocycles. The smallest absolute Gasteiger partial charge is 0.185 e. The largest absolute Gasteiger partial charge is 0.391 e. The number of allylic oxidation sites excluding steroid dienone is 4. The highest BCUT2D eigenvalue weighted by atomic mass is 16.3. The van der Waals surface area contributed by atoms with Gasteiger partial charge >= 0.3 is 0 Å². The molecule has 0 heterocycles. The molecule has 2 heteroatoms. The van der Waals surface area contributed by atoms with Crippen LogP contribution in [0.5, 0.6) is 0 Å². The third-order valence-electron chi connectivity index (χ3n) is 3.61. The van der Waals surface area contributed by atoms with Crippen molar-refractivity contribution in [3.8, 4) is 0 Å².